The minimum absolute atomic E-state index is 0.0155. The number of aromatic nitrogens is 3. The number of benzene rings is 1. The van der Waals surface area contributed by atoms with Crippen LogP contribution in [0.25, 0.3) is 21.9 Å². The summed E-state index contributed by atoms with van der Waals surface area (Å²) in [6.45, 7) is 8.70. The van der Waals surface area contributed by atoms with Gasteiger partial charge in [0, 0.05) is 62.6 Å². The summed E-state index contributed by atoms with van der Waals surface area (Å²) in [7, 11) is 1.91. The molecule has 2 aromatic heterocycles. The molecule has 1 amide bonds. The molecule has 0 aliphatic carbocycles. The number of hydrogen-bond donors (Lipinski definition) is 1. The molecule has 0 saturated carbocycles. The van der Waals surface area contributed by atoms with Crippen LogP contribution in [0, 0.1) is 0 Å². The number of anilines is 1. The van der Waals surface area contributed by atoms with Gasteiger partial charge in [0.15, 0.2) is 0 Å². The maximum Gasteiger partial charge on any atom is 0.239 e. The van der Waals surface area contributed by atoms with E-state index in [0.717, 1.165) is 48.1 Å². The molecular weight excluding hydrogens is 364 g/mol. The predicted molar refractivity (Wildman–Crippen MR) is 116 cm³/mol. The maximum absolute atomic E-state index is 12.5. The number of aryl methyl sites for hydroxylation is 1. The summed E-state index contributed by atoms with van der Waals surface area (Å²) in [5.41, 5.74) is 2.16. The van der Waals surface area contributed by atoms with Crippen molar-refractivity contribution >= 4 is 22.5 Å². The summed E-state index contributed by atoms with van der Waals surface area (Å²) in [5.74, 6) is 0.574. The number of carbonyl (C=O) groups excluding carboxylic acids is 1. The number of hydrogen-bond acceptors (Lipinski definition) is 5. The van der Waals surface area contributed by atoms with E-state index in [0.29, 0.717) is 18.4 Å². The molecule has 29 heavy (non-hydrogen) atoms. The largest absolute Gasteiger partial charge is 0.310 e. The average Bonchev–Trinajstić information content (AvgIpc) is 3.14. The molecule has 3 aromatic rings. The number of carbonyl (C=O) groups is 1. The highest BCUT2D eigenvalue weighted by molar-refractivity contribution is 5.94. The Hall–Kier alpha value is -2.77. The Morgan fingerprint density at radius 2 is 1.86 bits per heavy atom. The van der Waals surface area contributed by atoms with Crippen molar-refractivity contribution in [2.45, 2.75) is 19.9 Å². The summed E-state index contributed by atoms with van der Waals surface area (Å²) >= 11 is 0. The summed E-state index contributed by atoms with van der Waals surface area (Å²) in [4.78, 5) is 21.6. The molecule has 3 heterocycles. The van der Waals surface area contributed by atoms with Crippen LogP contribution in [0.5, 0.6) is 0 Å². The van der Waals surface area contributed by atoms with Gasteiger partial charge in [-0.1, -0.05) is 12.1 Å². The normalized spacial score (nSPS) is 15.9. The van der Waals surface area contributed by atoms with Crippen LogP contribution in [0.1, 0.15) is 13.8 Å². The summed E-state index contributed by atoms with van der Waals surface area (Å²) in [6, 6.07) is 8.71. The average molecular weight is 393 g/mol. The van der Waals surface area contributed by atoms with Gasteiger partial charge in [0.2, 0.25) is 5.91 Å². The first-order valence-corrected chi connectivity index (χ1v) is 10.1. The zero-order chi connectivity index (χ0) is 20.4. The molecule has 1 aliphatic rings. The van der Waals surface area contributed by atoms with Crippen molar-refractivity contribution in [1.82, 2.24) is 24.6 Å². The van der Waals surface area contributed by atoms with Gasteiger partial charge in [-0.25, -0.2) is 4.98 Å². The lowest BCUT2D eigenvalue weighted by Crippen LogP contribution is -2.50. The fraction of sp³-hybridized carbons (Fsp3) is 0.409. The van der Waals surface area contributed by atoms with Gasteiger partial charge in [0.1, 0.15) is 5.82 Å². The molecule has 1 aromatic carbocycles. The number of piperazine rings is 1. The number of nitrogens with one attached hydrogen (secondary N) is 1. The van der Waals surface area contributed by atoms with Gasteiger partial charge in [-0.15, -0.1) is 0 Å². The molecule has 0 unspecified atom stereocenters. The van der Waals surface area contributed by atoms with Crippen molar-refractivity contribution < 1.29 is 4.79 Å². The van der Waals surface area contributed by atoms with Crippen LogP contribution >= 0.6 is 0 Å². The van der Waals surface area contributed by atoms with E-state index in [4.69, 9.17) is 0 Å². The van der Waals surface area contributed by atoms with Crippen LogP contribution in [-0.2, 0) is 11.8 Å². The lowest BCUT2D eigenvalue weighted by atomic mass is 10.1. The van der Waals surface area contributed by atoms with Gasteiger partial charge >= 0.3 is 0 Å². The SMILES string of the molecule is CC(C)N1CCN(CC(=O)Nc2cc3cc(-c4cnn(C)c4)ccc3cn2)CC1. The van der Waals surface area contributed by atoms with E-state index in [1.54, 1.807) is 10.9 Å². The molecule has 7 nitrogen and oxygen atoms in total. The molecular formula is C22H28N6O. The van der Waals surface area contributed by atoms with Gasteiger partial charge in [-0.05, 0) is 36.9 Å². The zero-order valence-electron chi connectivity index (χ0n) is 17.3. The minimum Gasteiger partial charge on any atom is -0.310 e. The molecule has 1 saturated heterocycles. The molecule has 4 rings (SSSR count). The van der Waals surface area contributed by atoms with Crippen molar-refractivity contribution in [3.05, 3.63) is 42.9 Å². The number of pyridine rings is 1. The van der Waals surface area contributed by atoms with Crippen molar-refractivity contribution in [3.63, 3.8) is 0 Å². The third-order valence-corrected chi connectivity index (χ3v) is 5.53. The molecule has 0 spiro atoms. The lowest BCUT2D eigenvalue weighted by molar-refractivity contribution is -0.117. The Bertz CT molecular complexity index is 1000. The predicted octanol–water partition coefficient (Wildman–Crippen LogP) is 2.60. The van der Waals surface area contributed by atoms with Gasteiger partial charge in [0.05, 0.1) is 12.7 Å². The van der Waals surface area contributed by atoms with Crippen LogP contribution in [0.15, 0.2) is 42.9 Å². The second-order valence-electron chi connectivity index (χ2n) is 7.99. The first-order valence-electron chi connectivity index (χ1n) is 10.1. The zero-order valence-corrected chi connectivity index (χ0v) is 17.3. The first-order chi connectivity index (χ1) is 14.0. The number of fused-ring (bicyclic) bond motifs is 1. The quantitative estimate of drug-likeness (QED) is 0.723. The molecule has 0 radical (unpaired) electrons. The van der Waals surface area contributed by atoms with Crippen LogP contribution in [-0.4, -0.2) is 69.2 Å². The number of nitrogens with zero attached hydrogens (tertiary/aromatic N) is 5. The van der Waals surface area contributed by atoms with Crippen LogP contribution in [0.2, 0.25) is 0 Å². The van der Waals surface area contributed by atoms with Crippen molar-refractivity contribution in [1.29, 1.82) is 0 Å². The summed E-state index contributed by atoms with van der Waals surface area (Å²) in [6.07, 6.45) is 5.65. The van der Waals surface area contributed by atoms with E-state index in [9.17, 15) is 4.79 Å². The van der Waals surface area contributed by atoms with Crippen molar-refractivity contribution in [2.24, 2.45) is 7.05 Å². The molecule has 7 heteroatoms. The van der Waals surface area contributed by atoms with Crippen LogP contribution in [0.4, 0.5) is 5.82 Å². The van der Waals surface area contributed by atoms with Gasteiger partial charge < -0.3 is 5.32 Å². The van der Waals surface area contributed by atoms with E-state index in [-0.39, 0.29) is 5.91 Å². The van der Waals surface area contributed by atoms with E-state index >= 15 is 0 Å². The third-order valence-electron chi connectivity index (χ3n) is 5.53. The standard InChI is InChI=1S/C22H28N6O/c1-16(2)28-8-6-27(7-9-28)15-22(29)25-21-11-19-10-17(4-5-18(19)12-23-21)20-13-24-26(3)14-20/h4-5,10-14,16H,6-9,15H2,1-3H3,(H,23,25,29). The van der Waals surface area contributed by atoms with Crippen molar-refractivity contribution in [3.8, 4) is 11.1 Å². The second kappa shape index (κ2) is 8.31. The Morgan fingerprint density at radius 3 is 2.55 bits per heavy atom. The van der Waals surface area contributed by atoms with Gasteiger partial charge in [-0.2, -0.15) is 5.10 Å². The fourth-order valence-electron chi connectivity index (χ4n) is 3.78. The Labute approximate surface area is 171 Å². The smallest absolute Gasteiger partial charge is 0.239 e. The molecule has 152 valence electrons. The Kier molecular flexibility index (Phi) is 5.60. The Balaban J connectivity index is 1.42. The van der Waals surface area contributed by atoms with E-state index in [2.05, 4.69) is 51.2 Å². The highest BCUT2D eigenvalue weighted by Gasteiger charge is 2.20. The van der Waals surface area contributed by atoms with Gasteiger partial charge in [-0.3, -0.25) is 19.3 Å². The second-order valence-corrected chi connectivity index (χ2v) is 7.99. The van der Waals surface area contributed by atoms with Crippen LogP contribution < -0.4 is 5.32 Å². The highest BCUT2D eigenvalue weighted by atomic mass is 16.2. The molecule has 1 N–H and O–H groups in total. The van der Waals surface area contributed by atoms with E-state index in [1.807, 2.05) is 31.6 Å². The van der Waals surface area contributed by atoms with Crippen molar-refractivity contribution in [2.75, 3.05) is 38.0 Å². The van der Waals surface area contributed by atoms with E-state index in [1.165, 1.54) is 0 Å². The minimum atomic E-state index is -0.0155. The monoisotopic (exact) mass is 392 g/mol. The fourth-order valence-corrected chi connectivity index (χ4v) is 3.78. The summed E-state index contributed by atoms with van der Waals surface area (Å²) < 4.78 is 1.79. The molecule has 0 bridgehead atoms. The Morgan fingerprint density at radius 1 is 1.07 bits per heavy atom. The van der Waals surface area contributed by atoms with E-state index < -0.39 is 0 Å². The third kappa shape index (κ3) is 4.63. The lowest BCUT2D eigenvalue weighted by Gasteiger charge is -2.36. The number of rotatable bonds is 5. The molecule has 0 atom stereocenters. The first kappa shape index (κ1) is 19.5. The highest BCUT2D eigenvalue weighted by Crippen LogP contribution is 2.25. The van der Waals surface area contributed by atoms with Crippen LogP contribution in [0.3, 0.4) is 0 Å². The maximum atomic E-state index is 12.5. The molecule has 1 aliphatic heterocycles. The topological polar surface area (TPSA) is 66.3 Å². The van der Waals surface area contributed by atoms with Gasteiger partial charge in [0.25, 0.3) is 0 Å². The molecule has 1 fully saturated rings. The summed E-state index contributed by atoms with van der Waals surface area (Å²) in [5, 5.41) is 9.28. The number of amides is 1.